The van der Waals surface area contributed by atoms with Crippen LogP contribution in [-0.4, -0.2) is 45.7 Å². The van der Waals surface area contributed by atoms with Crippen molar-refractivity contribution in [3.63, 3.8) is 0 Å². The van der Waals surface area contributed by atoms with Gasteiger partial charge in [-0.15, -0.1) is 0 Å². The van der Waals surface area contributed by atoms with Crippen LogP contribution in [0.2, 0.25) is 0 Å². The number of nitrogens with zero attached hydrogens (tertiary/aromatic N) is 1. The maximum atomic E-state index is 13.4. The van der Waals surface area contributed by atoms with Gasteiger partial charge in [0.05, 0.1) is 24.1 Å². The summed E-state index contributed by atoms with van der Waals surface area (Å²) < 4.78 is 35.0. The molecule has 1 aliphatic heterocycles. The van der Waals surface area contributed by atoms with E-state index >= 15 is 0 Å². The highest BCUT2D eigenvalue weighted by molar-refractivity contribution is 7.90. The first-order valence-corrected chi connectivity index (χ1v) is 12.6. The standard InChI is InChI=1S/C26H27NO5S/c1-17-5-6-19(13-18(17)2)20-7-10-24-21(14-20)16-27(11-12-32-24)26(28)23-9-8-22(33(4,29)30)15-25(23)31-3/h5-10,13-15H,11-12,16H2,1-4H3. The Labute approximate surface area is 194 Å². The van der Waals surface area contributed by atoms with Crippen LogP contribution in [0, 0.1) is 13.8 Å². The van der Waals surface area contributed by atoms with E-state index in [2.05, 4.69) is 38.1 Å². The molecule has 0 N–H and O–H groups in total. The van der Waals surface area contributed by atoms with Crippen molar-refractivity contribution in [3.05, 3.63) is 76.9 Å². The van der Waals surface area contributed by atoms with E-state index in [4.69, 9.17) is 9.47 Å². The average Bonchev–Trinajstić information content (AvgIpc) is 3.01. The van der Waals surface area contributed by atoms with Crippen LogP contribution < -0.4 is 9.47 Å². The molecule has 1 amide bonds. The number of hydrogen-bond donors (Lipinski definition) is 0. The number of hydrogen-bond acceptors (Lipinski definition) is 5. The normalized spacial score (nSPS) is 13.6. The molecule has 0 saturated heterocycles. The summed E-state index contributed by atoms with van der Waals surface area (Å²) in [4.78, 5) is 15.2. The minimum Gasteiger partial charge on any atom is -0.496 e. The topological polar surface area (TPSA) is 72.9 Å². The van der Waals surface area contributed by atoms with E-state index in [0.717, 1.165) is 28.7 Å². The first-order valence-electron chi connectivity index (χ1n) is 10.7. The smallest absolute Gasteiger partial charge is 0.258 e. The van der Waals surface area contributed by atoms with Crippen molar-refractivity contribution >= 4 is 15.7 Å². The van der Waals surface area contributed by atoms with Crippen molar-refractivity contribution in [1.82, 2.24) is 4.90 Å². The van der Waals surface area contributed by atoms with Gasteiger partial charge in [0.25, 0.3) is 5.91 Å². The van der Waals surface area contributed by atoms with E-state index in [1.165, 1.54) is 36.4 Å². The summed E-state index contributed by atoms with van der Waals surface area (Å²) in [6.45, 7) is 5.33. The Hall–Kier alpha value is -3.32. The third kappa shape index (κ3) is 4.73. The number of benzene rings is 3. The van der Waals surface area contributed by atoms with E-state index in [-0.39, 0.29) is 16.6 Å². The molecule has 0 spiro atoms. The Morgan fingerprint density at radius 3 is 2.39 bits per heavy atom. The Kier molecular flexibility index (Phi) is 6.17. The number of methoxy groups -OCH3 is 1. The van der Waals surface area contributed by atoms with E-state index in [1.54, 1.807) is 4.90 Å². The van der Waals surface area contributed by atoms with Crippen molar-refractivity contribution in [2.24, 2.45) is 0 Å². The van der Waals surface area contributed by atoms with Gasteiger partial charge in [0, 0.05) is 18.4 Å². The number of carbonyl (C=O) groups is 1. The Morgan fingerprint density at radius 1 is 0.970 bits per heavy atom. The van der Waals surface area contributed by atoms with Crippen molar-refractivity contribution in [1.29, 1.82) is 0 Å². The van der Waals surface area contributed by atoms with Gasteiger partial charge >= 0.3 is 0 Å². The summed E-state index contributed by atoms with van der Waals surface area (Å²) in [6, 6.07) is 16.8. The Morgan fingerprint density at radius 2 is 1.70 bits per heavy atom. The molecule has 33 heavy (non-hydrogen) atoms. The molecule has 0 saturated carbocycles. The van der Waals surface area contributed by atoms with Crippen molar-refractivity contribution in [3.8, 4) is 22.6 Å². The summed E-state index contributed by atoms with van der Waals surface area (Å²) in [6.07, 6.45) is 1.12. The number of carbonyl (C=O) groups excluding carboxylic acids is 1. The van der Waals surface area contributed by atoms with Crippen LogP contribution in [0.3, 0.4) is 0 Å². The molecule has 0 fully saturated rings. The molecule has 3 aromatic rings. The maximum absolute atomic E-state index is 13.4. The highest BCUT2D eigenvalue weighted by atomic mass is 32.2. The van der Waals surface area contributed by atoms with E-state index in [0.29, 0.717) is 25.3 Å². The summed E-state index contributed by atoms with van der Waals surface area (Å²) in [5.41, 5.74) is 5.87. The zero-order valence-electron chi connectivity index (χ0n) is 19.2. The zero-order chi connectivity index (χ0) is 23.8. The fourth-order valence-corrected chi connectivity index (χ4v) is 4.55. The fraction of sp³-hybridized carbons (Fsp3) is 0.269. The van der Waals surface area contributed by atoms with Gasteiger partial charge in [-0.05, 0) is 66.4 Å². The van der Waals surface area contributed by atoms with Crippen molar-refractivity contribution in [2.75, 3.05) is 26.5 Å². The van der Waals surface area contributed by atoms with Gasteiger partial charge in [-0.3, -0.25) is 4.79 Å². The van der Waals surface area contributed by atoms with Gasteiger partial charge in [0.2, 0.25) is 0 Å². The molecule has 3 aromatic carbocycles. The highest BCUT2D eigenvalue weighted by Crippen LogP contribution is 2.32. The molecule has 1 aliphatic rings. The number of rotatable bonds is 4. The molecule has 172 valence electrons. The van der Waals surface area contributed by atoms with Gasteiger partial charge in [0.1, 0.15) is 18.1 Å². The molecule has 7 heteroatoms. The monoisotopic (exact) mass is 465 g/mol. The SMILES string of the molecule is COc1cc(S(C)(=O)=O)ccc1C(=O)N1CCOc2ccc(-c3ccc(C)c(C)c3)cc2C1. The molecule has 0 aromatic heterocycles. The summed E-state index contributed by atoms with van der Waals surface area (Å²) in [5, 5.41) is 0. The van der Waals surface area contributed by atoms with Gasteiger partial charge in [0.15, 0.2) is 9.84 Å². The summed E-state index contributed by atoms with van der Waals surface area (Å²) in [5.74, 6) is 0.759. The van der Waals surface area contributed by atoms with Crippen molar-refractivity contribution < 1.29 is 22.7 Å². The van der Waals surface area contributed by atoms with E-state index < -0.39 is 9.84 Å². The molecule has 1 heterocycles. The number of aryl methyl sites for hydroxylation is 2. The van der Waals surface area contributed by atoms with E-state index in [9.17, 15) is 13.2 Å². The maximum Gasteiger partial charge on any atom is 0.258 e. The first-order chi connectivity index (χ1) is 15.7. The van der Waals surface area contributed by atoms with Crippen LogP contribution in [0.25, 0.3) is 11.1 Å². The molecular formula is C26H27NO5S. The third-order valence-electron chi connectivity index (χ3n) is 6.00. The van der Waals surface area contributed by atoms with Gasteiger partial charge in [-0.25, -0.2) is 8.42 Å². The average molecular weight is 466 g/mol. The van der Waals surface area contributed by atoms with Gasteiger partial charge in [-0.1, -0.05) is 24.3 Å². The number of sulfone groups is 1. The summed E-state index contributed by atoms with van der Waals surface area (Å²) >= 11 is 0. The van der Waals surface area contributed by atoms with Crippen LogP contribution >= 0.6 is 0 Å². The lowest BCUT2D eigenvalue weighted by atomic mass is 9.98. The van der Waals surface area contributed by atoms with Crippen LogP contribution in [0.5, 0.6) is 11.5 Å². The second-order valence-corrected chi connectivity index (χ2v) is 10.3. The van der Waals surface area contributed by atoms with Crippen LogP contribution in [-0.2, 0) is 16.4 Å². The number of amides is 1. The van der Waals surface area contributed by atoms with Gasteiger partial charge < -0.3 is 14.4 Å². The molecule has 0 bridgehead atoms. The third-order valence-corrected chi connectivity index (χ3v) is 7.11. The van der Waals surface area contributed by atoms with E-state index in [1.807, 2.05) is 12.1 Å². The molecule has 4 rings (SSSR count). The lowest BCUT2D eigenvalue weighted by Crippen LogP contribution is -2.32. The van der Waals surface area contributed by atoms with Crippen LogP contribution in [0.4, 0.5) is 0 Å². The predicted molar refractivity (Wildman–Crippen MR) is 128 cm³/mol. The summed E-state index contributed by atoms with van der Waals surface area (Å²) in [7, 11) is -1.99. The lowest BCUT2D eigenvalue weighted by molar-refractivity contribution is 0.0729. The molecule has 0 atom stereocenters. The van der Waals surface area contributed by atoms with Crippen LogP contribution in [0.15, 0.2) is 59.5 Å². The zero-order valence-corrected chi connectivity index (χ0v) is 20.0. The molecule has 0 radical (unpaired) electrons. The lowest BCUT2D eigenvalue weighted by Gasteiger charge is -2.21. The Balaban J connectivity index is 1.66. The minimum absolute atomic E-state index is 0.110. The highest BCUT2D eigenvalue weighted by Gasteiger charge is 2.25. The molecule has 0 aliphatic carbocycles. The fourth-order valence-electron chi connectivity index (χ4n) is 3.92. The second kappa shape index (κ2) is 8.90. The molecule has 6 nitrogen and oxygen atoms in total. The molecule has 0 unspecified atom stereocenters. The minimum atomic E-state index is -3.41. The molecular weight excluding hydrogens is 438 g/mol. The number of ether oxygens (including phenoxy) is 2. The Bertz CT molecular complexity index is 1330. The van der Waals surface area contributed by atoms with Crippen LogP contribution in [0.1, 0.15) is 27.0 Å². The predicted octanol–water partition coefficient (Wildman–Crippen LogP) is 4.42. The first kappa shape index (κ1) is 22.9. The quantitative estimate of drug-likeness (QED) is 0.570. The largest absolute Gasteiger partial charge is 0.496 e. The van der Waals surface area contributed by atoms with Crippen molar-refractivity contribution in [2.45, 2.75) is 25.3 Å². The second-order valence-electron chi connectivity index (χ2n) is 8.33. The van der Waals surface area contributed by atoms with Gasteiger partial charge in [-0.2, -0.15) is 0 Å². The number of fused-ring (bicyclic) bond motifs is 1.